The van der Waals surface area contributed by atoms with Crippen molar-refractivity contribution in [3.63, 3.8) is 0 Å². The monoisotopic (exact) mass is 564 g/mol. The van der Waals surface area contributed by atoms with Gasteiger partial charge in [-0.3, -0.25) is 0 Å². The summed E-state index contributed by atoms with van der Waals surface area (Å²) in [4.78, 5) is 15.6. The molecule has 1 aliphatic heterocycles. The third-order valence-corrected chi connectivity index (χ3v) is 7.24. The molecular weight excluding hydrogens is 527 g/mol. The number of nitrogens with one attached hydrogen (secondary N) is 3. The van der Waals surface area contributed by atoms with Gasteiger partial charge in [-0.05, 0) is 52.9 Å². The van der Waals surface area contributed by atoms with Crippen LogP contribution in [0, 0.1) is 0 Å². The van der Waals surface area contributed by atoms with Gasteiger partial charge in [-0.2, -0.15) is 0 Å². The van der Waals surface area contributed by atoms with E-state index in [-0.39, 0.29) is 42.9 Å². The molecule has 0 radical (unpaired) electrons. The van der Waals surface area contributed by atoms with Crippen LogP contribution in [0.15, 0.2) is 97.1 Å². The highest BCUT2D eigenvalue weighted by Gasteiger charge is 2.28. The van der Waals surface area contributed by atoms with Gasteiger partial charge >= 0.3 is 6.03 Å². The van der Waals surface area contributed by atoms with E-state index < -0.39 is 0 Å². The highest BCUT2D eigenvalue weighted by molar-refractivity contribution is 5.87. The molecular formula is C32H38Cl2N4O. The minimum absolute atomic E-state index is 0. The first-order valence-electron chi connectivity index (χ1n) is 13.3. The van der Waals surface area contributed by atoms with E-state index in [1.54, 1.807) is 0 Å². The Morgan fingerprint density at radius 2 is 1.49 bits per heavy atom. The van der Waals surface area contributed by atoms with Gasteiger partial charge in [0.1, 0.15) is 0 Å². The second-order valence-corrected chi connectivity index (χ2v) is 9.92. The number of urea groups is 1. The first-order chi connectivity index (χ1) is 18.2. The third kappa shape index (κ3) is 7.96. The van der Waals surface area contributed by atoms with Crippen molar-refractivity contribution in [1.82, 2.24) is 20.9 Å². The van der Waals surface area contributed by atoms with Crippen LogP contribution in [0.3, 0.4) is 0 Å². The second-order valence-electron chi connectivity index (χ2n) is 9.92. The standard InChI is InChI=1S/C32H36N4O.2ClH/c1-24(30-13-7-11-28-10-5-6-12-31(28)30)35-32(37)36(29-18-19-33-22-29)23-27-16-14-26(15-17-27)21-34-20-25-8-3-2-4-9-25;;/h2-17,24,29,33-34H,18-23H2,1H3,(H,35,37);2*1H/t24-,29?;;/m0../s1. The molecule has 2 amide bonds. The van der Waals surface area contributed by atoms with Crippen molar-refractivity contribution in [2.75, 3.05) is 13.1 Å². The van der Waals surface area contributed by atoms with Gasteiger partial charge in [-0.15, -0.1) is 24.8 Å². The van der Waals surface area contributed by atoms with Crippen molar-refractivity contribution in [2.45, 2.75) is 45.1 Å². The normalized spacial score (nSPS) is 15.2. The summed E-state index contributed by atoms with van der Waals surface area (Å²) >= 11 is 0. The lowest BCUT2D eigenvalue weighted by Crippen LogP contribution is -2.47. The number of halogens is 2. The summed E-state index contributed by atoms with van der Waals surface area (Å²) in [5, 5.41) is 12.6. The molecule has 0 aliphatic carbocycles. The maximum Gasteiger partial charge on any atom is 0.318 e. The van der Waals surface area contributed by atoms with Crippen LogP contribution in [-0.4, -0.2) is 30.1 Å². The Kier molecular flexibility index (Phi) is 11.6. The molecule has 206 valence electrons. The largest absolute Gasteiger partial charge is 0.331 e. The Hall–Kier alpha value is -3.09. The Balaban J connectivity index is 0.00000210. The van der Waals surface area contributed by atoms with E-state index in [4.69, 9.17) is 0 Å². The van der Waals surface area contributed by atoms with Crippen LogP contribution in [-0.2, 0) is 19.6 Å². The van der Waals surface area contributed by atoms with Crippen molar-refractivity contribution in [1.29, 1.82) is 0 Å². The predicted octanol–water partition coefficient (Wildman–Crippen LogP) is 6.61. The maximum atomic E-state index is 13.6. The smallest absolute Gasteiger partial charge is 0.318 e. The van der Waals surface area contributed by atoms with Crippen LogP contribution in [0.5, 0.6) is 0 Å². The number of carbonyl (C=O) groups excluding carboxylic acids is 1. The van der Waals surface area contributed by atoms with Crippen molar-refractivity contribution in [3.8, 4) is 0 Å². The van der Waals surface area contributed by atoms with Gasteiger partial charge in [-0.25, -0.2) is 4.79 Å². The van der Waals surface area contributed by atoms with Gasteiger partial charge < -0.3 is 20.9 Å². The summed E-state index contributed by atoms with van der Waals surface area (Å²) in [6.07, 6.45) is 0.970. The fourth-order valence-electron chi connectivity index (χ4n) is 5.15. The zero-order chi connectivity index (χ0) is 25.5. The molecule has 1 aliphatic rings. The molecule has 0 aromatic heterocycles. The highest BCUT2D eigenvalue weighted by Crippen LogP contribution is 2.25. The number of nitrogens with zero attached hydrogens (tertiary/aromatic N) is 1. The van der Waals surface area contributed by atoms with Gasteiger partial charge in [0, 0.05) is 32.2 Å². The summed E-state index contributed by atoms with van der Waals surface area (Å²) in [5.41, 5.74) is 4.81. The molecule has 5 rings (SSSR count). The zero-order valence-corrected chi connectivity index (χ0v) is 23.9. The average Bonchev–Trinajstić information content (AvgIpc) is 3.47. The number of amides is 2. The van der Waals surface area contributed by atoms with E-state index >= 15 is 0 Å². The topological polar surface area (TPSA) is 56.4 Å². The fraction of sp³-hybridized carbons (Fsp3) is 0.281. The van der Waals surface area contributed by atoms with Crippen molar-refractivity contribution in [3.05, 3.63) is 119 Å². The number of benzene rings is 4. The molecule has 4 aromatic carbocycles. The van der Waals surface area contributed by atoms with Gasteiger partial charge in [0.15, 0.2) is 0 Å². The van der Waals surface area contributed by atoms with Crippen molar-refractivity contribution >= 4 is 41.6 Å². The summed E-state index contributed by atoms with van der Waals surface area (Å²) in [6, 6.07) is 33.8. The number of hydrogen-bond donors (Lipinski definition) is 3. The predicted molar refractivity (Wildman–Crippen MR) is 166 cm³/mol. The summed E-state index contributed by atoms with van der Waals surface area (Å²) in [5.74, 6) is 0. The molecule has 5 nitrogen and oxygen atoms in total. The lowest BCUT2D eigenvalue weighted by atomic mass is 10.00. The first-order valence-corrected chi connectivity index (χ1v) is 13.3. The van der Waals surface area contributed by atoms with Gasteiger partial charge in [0.05, 0.1) is 6.04 Å². The van der Waals surface area contributed by atoms with Crippen LogP contribution in [0.2, 0.25) is 0 Å². The van der Waals surface area contributed by atoms with Crippen LogP contribution in [0.25, 0.3) is 10.8 Å². The first kappa shape index (κ1) is 30.5. The molecule has 2 atom stereocenters. The number of hydrogen-bond acceptors (Lipinski definition) is 3. The number of carbonyl (C=O) groups is 1. The molecule has 1 fully saturated rings. The molecule has 0 saturated carbocycles. The molecule has 3 N–H and O–H groups in total. The third-order valence-electron chi connectivity index (χ3n) is 7.24. The molecule has 1 heterocycles. The molecule has 7 heteroatoms. The maximum absolute atomic E-state index is 13.6. The van der Waals surface area contributed by atoms with E-state index in [2.05, 4.69) is 114 Å². The molecule has 1 saturated heterocycles. The molecule has 0 bridgehead atoms. The number of rotatable bonds is 9. The van der Waals surface area contributed by atoms with Gasteiger partial charge in [0.2, 0.25) is 0 Å². The lowest BCUT2D eigenvalue weighted by Gasteiger charge is -2.30. The highest BCUT2D eigenvalue weighted by atomic mass is 35.5. The SMILES string of the molecule is C[C@H](NC(=O)N(Cc1ccc(CNCc2ccccc2)cc1)C1CCNC1)c1cccc2ccccc12.Cl.Cl. The fourth-order valence-corrected chi connectivity index (χ4v) is 5.15. The summed E-state index contributed by atoms with van der Waals surface area (Å²) < 4.78 is 0. The Bertz CT molecular complexity index is 1310. The number of fused-ring (bicyclic) bond motifs is 1. The second kappa shape index (κ2) is 14.9. The van der Waals surface area contributed by atoms with Crippen molar-refractivity contribution < 1.29 is 4.79 Å². The zero-order valence-electron chi connectivity index (χ0n) is 22.3. The van der Waals surface area contributed by atoms with Crippen LogP contribution in [0.1, 0.15) is 41.6 Å². The summed E-state index contributed by atoms with van der Waals surface area (Å²) in [7, 11) is 0. The van der Waals surface area contributed by atoms with E-state index in [9.17, 15) is 4.79 Å². The Morgan fingerprint density at radius 3 is 2.21 bits per heavy atom. The average molecular weight is 566 g/mol. The minimum Gasteiger partial charge on any atom is -0.331 e. The Labute approximate surface area is 244 Å². The Morgan fingerprint density at radius 1 is 0.846 bits per heavy atom. The lowest BCUT2D eigenvalue weighted by molar-refractivity contribution is 0.172. The van der Waals surface area contributed by atoms with Crippen LogP contribution < -0.4 is 16.0 Å². The summed E-state index contributed by atoms with van der Waals surface area (Å²) in [6.45, 7) is 6.10. The van der Waals surface area contributed by atoms with E-state index in [0.717, 1.165) is 43.7 Å². The van der Waals surface area contributed by atoms with E-state index in [1.165, 1.54) is 21.9 Å². The van der Waals surface area contributed by atoms with E-state index in [0.29, 0.717) is 6.54 Å². The molecule has 1 unspecified atom stereocenters. The van der Waals surface area contributed by atoms with Crippen molar-refractivity contribution in [2.24, 2.45) is 0 Å². The van der Waals surface area contributed by atoms with Crippen LogP contribution in [0.4, 0.5) is 4.79 Å². The van der Waals surface area contributed by atoms with Gasteiger partial charge in [-0.1, -0.05) is 97.1 Å². The molecule has 4 aromatic rings. The minimum atomic E-state index is -0.0893. The van der Waals surface area contributed by atoms with Crippen LogP contribution >= 0.6 is 24.8 Å². The van der Waals surface area contributed by atoms with E-state index in [1.807, 2.05) is 11.0 Å². The quantitative estimate of drug-likeness (QED) is 0.214. The molecule has 39 heavy (non-hydrogen) atoms. The van der Waals surface area contributed by atoms with Gasteiger partial charge in [0.25, 0.3) is 0 Å². The molecule has 0 spiro atoms.